The summed E-state index contributed by atoms with van der Waals surface area (Å²) in [7, 11) is -1.92. The first kappa shape index (κ1) is 21.7. The normalized spacial score (nSPS) is 15.2. The zero-order chi connectivity index (χ0) is 21.8. The van der Waals surface area contributed by atoms with Crippen molar-refractivity contribution in [3.63, 3.8) is 0 Å². The lowest BCUT2D eigenvalue weighted by Crippen LogP contribution is -2.38. The van der Waals surface area contributed by atoms with Gasteiger partial charge < -0.3 is 0 Å². The summed E-state index contributed by atoms with van der Waals surface area (Å²) < 4.78 is 27.4. The number of benzene rings is 2. The second-order valence-electron chi connectivity index (χ2n) is 7.70. The van der Waals surface area contributed by atoms with Gasteiger partial charge in [0, 0.05) is 29.6 Å². The number of nitrogens with one attached hydrogen (secondary N) is 1. The Kier molecular flexibility index (Phi) is 6.50. The molecule has 1 aromatic heterocycles. The zero-order valence-electron chi connectivity index (χ0n) is 17.3. The van der Waals surface area contributed by atoms with Crippen LogP contribution in [0.5, 0.6) is 0 Å². The van der Waals surface area contributed by atoms with Gasteiger partial charge in [0.1, 0.15) is 0 Å². The minimum absolute atomic E-state index is 0.0467. The SMILES string of the molecule is CN(C1CCCCC1)S(=O)(=O)c1ccc(C(=O)Nc2nc(-c3ccccc3)cs2)cc1. The fourth-order valence-corrected chi connectivity index (χ4v) is 5.96. The van der Waals surface area contributed by atoms with E-state index in [4.69, 9.17) is 0 Å². The van der Waals surface area contributed by atoms with Crippen molar-refractivity contribution in [2.24, 2.45) is 0 Å². The zero-order valence-corrected chi connectivity index (χ0v) is 19.0. The molecule has 0 radical (unpaired) electrons. The molecule has 31 heavy (non-hydrogen) atoms. The van der Waals surface area contributed by atoms with Crippen molar-refractivity contribution in [3.05, 3.63) is 65.5 Å². The number of hydrogen-bond donors (Lipinski definition) is 1. The van der Waals surface area contributed by atoms with Crippen LogP contribution in [0, 0.1) is 0 Å². The van der Waals surface area contributed by atoms with Crippen LogP contribution in [0.3, 0.4) is 0 Å². The van der Waals surface area contributed by atoms with E-state index >= 15 is 0 Å². The number of nitrogens with zero attached hydrogens (tertiary/aromatic N) is 2. The molecule has 1 fully saturated rings. The van der Waals surface area contributed by atoms with Crippen molar-refractivity contribution < 1.29 is 13.2 Å². The molecule has 2 aromatic carbocycles. The van der Waals surface area contributed by atoms with Crippen LogP contribution in [-0.2, 0) is 10.0 Å². The van der Waals surface area contributed by atoms with Crippen molar-refractivity contribution >= 4 is 32.4 Å². The molecular formula is C23H25N3O3S2. The van der Waals surface area contributed by atoms with Gasteiger partial charge in [0.25, 0.3) is 5.91 Å². The summed E-state index contributed by atoms with van der Waals surface area (Å²) in [6.45, 7) is 0. The Bertz CT molecular complexity index is 1140. The maximum atomic E-state index is 13.0. The summed E-state index contributed by atoms with van der Waals surface area (Å²) in [4.78, 5) is 17.3. The standard InChI is InChI=1S/C23H25N3O3S2/c1-26(19-10-6-3-7-11-19)31(28,29)20-14-12-18(13-15-20)22(27)25-23-24-21(16-30-23)17-8-4-2-5-9-17/h2,4-5,8-9,12-16,19H,3,6-7,10-11H2,1H3,(H,24,25,27). The largest absolute Gasteiger partial charge is 0.298 e. The highest BCUT2D eigenvalue weighted by Crippen LogP contribution is 2.27. The molecule has 6 nitrogen and oxygen atoms in total. The van der Waals surface area contributed by atoms with Crippen LogP contribution in [0.4, 0.5) is 5.13 Å². The Morgan fingerprint density at radius 3 is 2.39 bits per heavy atom. The Hall–Kier alpha value is -2.55. The maximum Gasteiger partial charge on any atom is 0.257 e. The van der Waals surface area contributed by atoms with E-state index in [1.165, 1.54) is 34.2 Å². The molecule has 1 N–H and O–H groups in total. The van der Waals surface area contributed by atoms with E-state index in [0.717, 1.165) is 36.9 Å². The van der Waals surface area contributed by atoms with Gasteiger partial charge in [-0.3, -0.25) is 10.1 Å². The predicted octanol–water partition coefficient (Wildman–Crippen LogP) is 5.02. The Morgan fingerprint density at radius 2 is 1.71 bits per heavy atom. The molecule has 0 unspecified atom stereocenters. The topological polar surface area (TPSA) is 79.4 Å². The number of thiazole rings is 1. The lowest BCUT2D eigenvalue weighted by Gasteiger charge is -2.30. The van der Waals surface area contributed by atoms with Crippen LogP contribution in [0.1, 0.15) is 42.5 Å². The lowest BCUT2D eigenvalue weighted by molar-refractivity contribution is 0.102. The summed E-state index contributed by atoms with van der Waals surface area (Å²) in [5, 5.41) is 5.18. The average molecular weight is 456 g/mol. The fourth-order valence-electron chi connectivity index (χ4n) is 3.83. The number of anilines is 1. The van der Waals surface area contributed by atoms with E-state index in [1.54, 1.807) is 19.2 Å². The third kappa shape index (κ3) is 4.87. The summed E-state index contributed by atoms with van der Waals surface area (Å²) in [5.41, 5.74) is 2.17. The number of hydrogen-bond acceptors (Lipinski definition) is 5. The van der Waals surface area contributed by atoms with Gasteiger partial charge in [0.05, 0.1) is 10.6 Å². The Balaban J connectivity index is 1.44. The number of amides is 1. The van der Waals surface area contributed by atoms with Crippen LogP contribution < -0.4 is 5.32 Å². The third-order valence-corrected chi connectivity index (χ3v) is 8.36. The van der Waals surface area contributed by atoms with Crippen molar-refractivity contribution in [2.75, 3.05) is 12.4 Å². The molecule has 8 heteroatoms. The quantitative estimate of drug-likeness (QED) is 0.566. The predicted molar refractivity (Wildman–Crippen MR) is 124 cm³/mol. The van der Waals surface area contributed by atoms with Crippen LogP contribution in [-0.4, -0.2) is 36.7 Å². The van der Waals surface area contributed by atoms with Gasteiger partial charge in [0.2, 0.25) is 10.0 Å². The summed E-state index contributed by atoms with van der Waals surface area (Å²) >= 11 is 1.35. The molecule has 1 amide bonds. The van der Waals surface area contributed by atoms with Gasteiger partial charge >= 0.3 is 0 Å². The second kappa shape index (κ2) is 9.30. The summed E-state index contributed by atoms with van der Waals surface area (Å²) in [6.07, 6.45) is 5.09. The number of carbonyl (C=O) groups excluding carboxylic acids is 1. The first-order valence-corrected chi connectivity index (χ1v) is 12.7. The Labute approximate surface area is 187 Å². The monoisotopic (exact) mass is 455 g/mol. The molecule has 1 aliphatic carbocycles. The van der Waals surface area contributed by atoms with E-state index in [9.17, 15) is 13.2 Å². The first-order chi connectivity index (χ1) is 14.9. The molecule has 162 valence electrons. The molecular weight excluding hydrogens is 430 g/mol. The molecule has 1 saturated carbocycles. The van der Waals surface area contributed by atoms with E-state index < -0.39 is 10.0 Å². The van der Waals surface area contributed by atoms with E-state index in [0.29, 0.717) is 10.7 Å². The van der Waals surface area contributed by atoms with Crippen LogP contribution in [0.15, 0.2) is 64.9 Å². The lowest BCUT2D eigenvalue weighted by atomic mass is 9.96. The molecule has 0 saturated heterocycles. The molecule has 1 heterocycles. The summed E-state index contributed by atoms with van der Waals surface area (Å²) in [5.74, 6) is -0.321. The van der Waals surface area contributed by atoms with Crippen LogP contribution in [0.2, 0.25) is 0 Å². The molecule has 0 bridgehead atoms. The van der Waals surface area contributed by atoms with Gasteiger partial charge in [-0.1, -0.05) is 49.6 Å². The minimum atomic E-state index is -3.58. The highest BCUT2D eigenvalue weighted by atomic mass is 32.2. The third-order valence-electron chi connectivity index (χ3n) is 5.68. The van der Waals surface area contributed by atoms with Crippen molar-refractivity contribution in [3.8, 4) is 11.3 Å². The number of carbonyl (C=O) groups is 1. The van der Waals surface area contributed by atoms with E-state index in [1.807, 2.05) is 35.7 Å². The number of aromatic nitrogens is 1. The summed E-state index contributed by atoms with van der Waals surface area (Å²) in [6, 6.07) is 15.9. The van der Waals surface area contributed by atoms with E-state index in [-0.39, 0.29) is 16.8 Å². The number of rotatable bonds is 6. The molecule has 4 rings (SSSR count). The van der Waals surface area contributed by atoms with Crippen LogP contribution >= 0.6 is 11.3 Å². The fraction of sp³-hybridized carbons (Fsp3) is 0.304. The van der Waals surface area contributed by atoms with Crippen molar-refractivity contribution in [1.82, 2.24) is 9.29 Å². The van der Waals surface area contributed by atoms with Gasteiger partial charge in [-0.15, -0.1) is 11.3 Å². The highest BCUT2D eigenvalue weighted by molar-refractivity contribution is 7.89. The van der Waals surface area contributed by atoms with Gasteiger partial charge in [-0.2, -0.15) is 4.31 Å². The Morgan fingerprint density at radius 1 is 1.03 bits per heavy atom. The molecule has 0 aliphatic heterocycles. The number of sulfonamides is 1. The molecule has 1 aliphatic rings. The molecule has 0 atom stereocenters. The van der Waals surface area contributed by atoms with Gasteiger partial charge in [0.15, 0.2) is 5.13 Å². The first-order valence-electron chi connectivity index (χ1n) is 10.4. The maximum absolute atomic E-state index is 13.0. The van der Waals surface area contributed by atoms with Crippen LogP contribution in [0.25, 0.3) is 11.3 Å². The van der Waals surface area contributed by atoms with Crippen molar-refractivity contribution in [1.29, 1.82) is 0 Å². The smallest absolute Gasteiger partial charge is 0.257 e. The molecule has 3 aromatic rings. The highest BCUT2D eigenvalue weighted by Gasteiger charge is 2.29. The van der Waals surface area contributed by atoms with Gasteiger partial charge in [-0.25, -0.2) is 13.4 Å². The molecule has 0 spiro atoms. The van der Waals surface area contributed by atoms with Gasteiger partial charge in [-0.05, 0) is 37.1 Å². The second-order valence-corrected chi connectivity index (χ2v) is 10.6. The van der Waals surface area contributed by atoms with E-state index in [2.05, 4.69) is 10.3 Å². The average Bonchev–Trinajstić information content (AvgIpc) is 3.28. The minimum Gasteiger partial charge on any atom is -0.298 e. The van der Waals surface area contributed by atoms with Crippen molar-refractivity contribution in [2.45, 2.75) is 43.0 Å².